The van der Waals surface area contributed by atoms with E-state index in [1.165, 1.54) is 12.1 Å². The van der Waals surface area contributed by atoms with Gasteiger partial charge in [-0.2, -0.15) is 0 Å². The second-order valence-electron chi connectivity index (χ2n) is 6.32. The van der Waals surface area contributed by atoms with Crippen LogP contribution in [0.3, 0.4) is 0 Å². The minimum Gasteiger partial charge on any atom is -0.378 e. The molecule has 0 saturated carbocycles. The lowest BCUT2D eigenvalue weighted by Crippen LogP contribution is -2.41. The van der Waals surface area contributed by atoms with Gasteiger partial charge in [-0.3, -0.25) is 14.3 Å². The molecule has 0 aliphatic carbocycles. The second-order valence-corrected chi connectivity index (χ2v) is 8.07. The maximum absolute atomic E-state index is 12.8. The Morgan fingerprint density at radius 2 is 1.50 bits per heavy atom. The van der Waals surface area contributed by atoms with Crippen molar-refractivity contribution in [3.05, 3.63) is 59.7 Å². The van der Waals surface area contributed by atoms with E-state index in [1.807, 2.05) is 0 Å². The molecule has 2 aromatic rings. The van der Waals surface area contributed by atoms with E-state index >= 15 is 0 Å². The minimum absolute atomic E-state index is 0.154. The lowest BCUT2D eigenvalue weighted by Gasteiger charge is -2.27. The number of hydrogen-bond donors (Lipinski definition) is 2. The second kappa shape index (κ2) is 8.41. The monoisotopic (exact) mass is 403 g/mol. The van der Waals surface area contributed by atoms with Gasteiger partial charge in [0.05, 0.1) is 42.0 Å². The number of carbonyl (C=O) groups excluding carboxylic acids is 2. The molecule has 0 radical (unpaired) electrons. The van der Waals surface area contributed by atoms with Gasteiger partial charge in [0.1, 0.15) is 0 Å². The molecular weight excluding hydrogens is 382 g/mol. The first kappa shape index (κ1) is 19.8. The van der Waals surface area contributed by atoms with Gasteiger partial charge in [0.25, 0.3) is 11.8 Å². The summed E-state index contributed by atoms with van der Waals surface area (Å²) in [5.41, 5.74) is 1.05. The number of nitrogens with zero attached hydrogens (tertiary/aromatic N) is 1. The summed E-state index contributed by atoms with van der Waals surface area (Å²) in [7, 11) is -3.54. The molecule has 1 saturated heterocycles. The van der Waals surface area contributed by atoms with Crippen molar-refractivity contribution in [2.45, 2.75) is 0 Å². The highest BCUT2D eigenvalue weighted by molar-refractivity contribution is 7.92. The third kappa shape index (κ3) is 4.87. The van der Waals surface area contributed by atoms with Crippen molar-refractivity contribution in [1.82, 2.24) is 4.90 Å². The first-order valence-electron chi connectivity index (χ1n) is 8.69. The zero-order chi connectivity index (χ0) is 20.1. The highest BCUT2D eigenvalue weighted by Crippen LogP contribution is 2.22. The Balaban J connectivity index is 1.85. The van der Waals surface area contributed by atoms with Crippen molar-refractivity contribution in [3.63, 3.8) is 0 Å². The standard InChI is InChI=1S/C19H21N3O5S/c1-28(25,26)21-17-9-5-2-6-14(17)18(23)20-16-8-4-3-7-15(16)19(24)22-10-12-27-13-11-22/h2-9,21H,10-13H2,1H3,(H,20,23). The Labute approximate surface area is 163 Å². The van der Waals surface area contributed by atoms with Crippen molar-refractivity contribution in [2.75, 3.05) is 42.6 Å². The molecule has 28 heavy (non-hydrogen) atoms. The highest BCUT2D eigenvalue weighted by Gasteiger charge is 2.22. The van der Waals surface area contributed by atoms with Gasteiger partial charge in [-0.05, 0) is 24.3 Å². The molecule has 0 unspecified atom stereocenters. The van der Waals surface area contributed by atoms with E-state index < -0.39 is 15.9 Å². The van der Waals surface area contributed by atoms with E-state index in [0.717, 1.165) is 6.26 Å². The van der Waals surface area contributed by atoms with Crippen LogP contribution < -0.4 is 10.0 Å². The van der Waals surface area contributed by atoms with Crippen LogP contribution in [0, 0.1) is 0 Å². The van der Waals surface area contributed by atoms with E-state index in [2.05, 4.69) is 10.0 Å². The number of rotatable bonds is 5. The number of para-hydroxylation sites is 2. The lowest BCUT2D eigenvalue weighted by molar-refractivity contribution is 0.0303. The summed E-state index contributed by atoms with van der Waals surface area (Å²) in [4.78, 5) is 27.3. The number of anilines is 2. The molecular formula is C19H21N3O5S. The molecule has 3 rings (SSSR count). The number of ether oxygens (including phenoxy) is 1. The maximum Gasteiger partial charge on any atom is 0.257 e. The van der Waals surface area contributed by atoms with Crippen LogP contribution in [0.1, 0.15) is 20.7 Å². The molecule has 1 fully saturated rings. The van der Waals surface area contributed by atoms with Crippen molar-refractivity contribution in [3.8, 4) is 0 Å². The Kier molecular flexibility index (Phi) is 5.96. The average Bonchev–Trinajstić information content (AvgIpc) is 2.67. The predicted octanol–water partition coefficient (Wildman–Crippen LogP) is 1.78. The first-order chi connectivity index (χ1) is 13.3. The van der Waals surface area contributed by atoms with Crippen molar-refractivity contribution in [2.24, 2.45) is 0 Å². The third-order valence-corrected chi connectivity index (χ3v) is 4.76. The van der Waals surface area contributed by atoms with Gasteiger partial charge in [-0.1, -0.05) is 24.3 Å². The molecule has 2 N–H and O–H groups in total. The summed E-state index contributed by atoms with van der Waals surface area (Å²) >= 11 is 0. The number of morpholine rings is 1. The number of carbonyl (C=O) groups is 2. The summed E-state index contributed by atoms with van der Waals surface area (Å²) in [6, 6.07) is 13.0. The smallest absolute Gasteiger partial charge is 0.257 e. The summed E-state index contributed by atoms with van der Waals surface area (Å²) in [5, 5.41) is 2.72. The van der Waals surface area contributed by atoms with E-state index in [-0.39, 0.29) is 17.2 Å². The van der Waals surface area contributed by atoms with Crippen molar-refractivity contribution in [1.29, 1.82) is 0 Å². The van der Waals surface area contributed by atoms with Crippen molar-refractivity contribution >= 4 is 33.2 Å². The molecule has 2 aromatic carbocycles. The summed E-state index contributed by atoms with van der Waals surface area (Å²) in [5.74, 6) is -0.712. The zero-order valence-electron chi connectivity index (χ0n) is 15.3. The van der Waals surface area contributed by atoms with Gasteiger partial charge in [-0.25, -0.2) is 8.42 Å². The fourth-order valence-electron chi connectivity index (χ4n) is 2.87. The van der Waals surface area contributed by atoms with E-state index in [4.69, 9.17) is 4.74 Å². The van der Waals surface area contributed by atoms with E-state index in [9.17, 15) is 18.0 Å². The van der Waals surface area contributed by atoms with Gasteiger partial charge >= 0.3 is 0 Å². The molecule has 8 nitrogen and oxygen atoms in total. The van der Waals surface area contributed by atoms with Crippen LogP contribution in [-0.4, -0.2) is 57.7 Å². The van der Waals surface area contributed by atoms with Crippen LogP contribution in [0.2, 0.25) is 0 Å². The van der Waals surface area contributed by atoms with Crippen molar-refractivity contribution < 1.29 is 22.7 Å². The van der Waals surface area contributed by atoms with Gasteiger partial charge in [0.15, 0.2) is 0 Å². The number of benzene rings is 2. The van der Waals surface area contributed by atoms with Crippen LogP contribution in [0.25, 0.3) is 0 Å². The quantitative estimate of drug-likeness (QED) is 0.792. The molecule has 0 spiro atoms. The van der Waals surface area contributed by atoms with Crippen LogP contribution in [0.4, 0.5) is 11.4 Å². The molecule has 148 valence electrons. The number of sulfonamides is 1. The fraction of sp³-hybridized carbons (Fsp3) is 0.263. The van der Waals surface area contributed by atoms with Gasteiger partial charge in [0, 0.05) is 13.1 Å². The molecule has 0 aromatic heterocycles. The van der Waals surface area contributed by atoms with Gasteiger partial charge in [-0.15, -0.1) is 0 Å². The predicted molar refractivity (Wildman–Crippen MR) is 106 cm³/mol. The normalized spacial score (nSPS) is 14.4. The van der Waals surface area contributed by atoms with E-state index in [0.29, 0.717) is 37.6 Å². The molecule has 1 aliphatic rings. The lowest BCUT2D eigenvalue weighted by atomic mass is 10.1. The zero-order valence-corrected chi connectivity index (χ0v) is 16.2. The van der Waals surface area contributed by atoms with Crippen LogP contribution in [0.5, 0.6) is 0 Å². The molecule has 9 heteroatoms. The Bertz CT molecular complexity index is 985. The number of amides is 2. The SMILES string of the molecule is CS(=O)(=O)Nc1ccccc1C(=O)Nc1ccccc1C(=O)N1CCOCC1. The van der Waals surface area contributed by atoms with Crippen LogP contribution in [-0.2, 0) is 14.8 Å². The number of nitrogens with one attached hydrogen (secondary N) is 2. The van der Waals surface area contributed by atoms with Gasteiger partial charge < -0.3 is 15.0 Å². The van der Waals surface area contributed by atoms with Gasteiger partial charge in [0.2, 0.25) is 10.0 Å². The fourth-order valence-corrected chi connectivity index (χ4v) is 3.45. The third-order valence-electron chi connectivity index (χ3n) is 4.17. The van der Waals surface area contributed by atoms with E-state index in [1.54, 1.807) is 41.3 Å². The Hall–Kier alpha value is -2.91. The minimum atomic E-state index is -3.54. The topological polar surface area (TPSA) is 105 Å². The largest absolute Gasteiger partial charge is 0.378 e. The maximum atomic E-state index is 12.8. The van der Waals surface area contributed by atoms with Crippen LogP contribution in [0.15, 0.2) is 48.5 Å². The summed E-state index contributed by atoms with van der Waals surface area (Å²) in [6.45, 7) is 1.93. The summed E-state index contributed by atoms with van der Waals surface area (Å²) in [6.07, 6.45) is 1.01. The average molecular weight is 403 g/mol. The molecule has 0 bridgehead atoms. The first-order valence-corrected chi connectivity index (χ1v) is 10.6. The molecule has 2 amide bonds. The molecule has 1 aliphatic heterocycles. The van der Waals surface area contributed by atoms with Crippen LogP contribution >= 0.6 is 0 Å². The highest BCUT2D eigenvalue weighted by atomic mass is 32.2. The number of hydrogen-bond acceptors (Lipinski definition) is 5. The molecule has 1 heterocycles. The summed E-state index contributed by atoms with van der Waals surface area (Å²) < 4.78 is 30.7. The Morgan fingerprint density at radius 1 is 0.929 bits per heavy atom. The Morgan fingerprint density at radius 3 is 2.14 bits per heavy atom. The molecule has 0 atom stereocenters.